The van der Waals surface area contributed by atoms with E-state index >= 15 is 0 Å². The maximum atomic E-state index is 11.9. The molecule has 8 heteroatoms. The lowest BCUT2D eigenvalue weighted by atomic mass is 10.1. The van der Waals surface area contributed by atoms with E-state index in [0.29, 0.717) is 30.0 Å². The molecule has 27 heavy (non-hydrogen) atoms. The number of hydrogen-bond acceptors (Lipinski definition) is 5. The third-order valence-electron chi connectivity index (χ3n) is 5.19. The summed E-state index contributed by atoms with van der Waals surface area (Å²) in [4.78, 5) is 23.4. The number of nitrogens with two attached hydrogens (primary N) is 1. The van der Waals surface area contributed by atoms with Crippen molar-refractivity contribution in [2.75, 3.05) is 26.7 Å². The van der Waals surface area contributed by atoms with Crippen LogP contribution in [0.5, 0.6) is 0 Å². The fraction of sp³-hybridized carbons (Fsp3) is 0.632. The molecule has 1 atom stereocenters. The number of methoxy groups -OCH3 is 1. The topological polar surface area (TPSA) is 92.8 Å². The molecule has 2 aliphatic rings. The lowest BCUT2D eigenvalue weighted by molar-refractivity contribution is 0.0598. The molecule has 150 valence electrons. The number of esters is 1. The van der Waals surface area contributed by atoms with E-state index in [0.717, 1.165) is 37.3 Å². The Bertz CT molecular complexity index is 678. The van der Waals surface area contributed by atoms with Crippen LogP contribution in [-0.2, 0) is 11.3 Å². The molecule has 0 aromatic carbocycles. The van der Waals surface area contributed by atoms with E-state index in [1.54, 1.807) is 6.07 Å². The highest BCUT2D eigenvalue weighted by molar-refractivity contribution is 14.0. The number of ether oxygens (including phenoxy) is 1. The van der Waals surface area contributed by atoms with Gasteiger partial charge in [-0.15, -0.1) is 24.0 Å². The molecular formula is C19H30IN5O2. The van der Waals surface area contributed by atoms with Crippen LogP contribution in [0.15, 0.2) is 17.1 Å². The molecule has 2 fully saturated rings. The van der Waals surface area contributed by atoms with Crippen molar-refractivity contribution in [3.05, 3.63) is 29.1 Å². The summed E-state index contributed by atoms with van der Waals surface area (Å²) >= 11 is 0. The van der Waals surface area contributed by atoms with E-state index in [1.165, 1.54) is 26.5 Å². The van der Waals surface area contributed by atoms with Crippen molar-refractivity contribution in [3.63, 3.8) is 0 Å². The Morgan fingerprint density at radius 3 is 2.85 bits per heavy atom. The average Bonchev–Trinajstić information content (AvgIpc) is 3.42. The second-order valence-corrected chi connectivity index (χ2v) is 7.01. The van der Waals surface area contributed by atoms with E-state index in [9.17, 15) is 4.79 Å². The molecule has 1 saturated carbocycles. The Morgan fingerprint density at radius 2 is 2.19 bits per heavy atom. The third-order valence-corrected chi connectivity index (χ3v) is 5.19. The SMILES string of the molecule is CCN1CCCC1CNC(N)=NCc1ccc(C(=O)OC)c(C2CC2)n1.I. The minimum atomic E-state index is -0.326. The number of pyridine rings is 1. The van der Waals surface area contributed by atoms with Gasteiger partial charge in [0, 0.05) is 18.5 Å². The molecule has 7 nitrogen and oxygen atoms in total. The van der Waals surface area contributed by atoms with Crippen molar-refractivity contribution in [2.45, 2.75) is 51.1 Å². The van der Waals surface area contributed by atoms with E-state index in [2.05, 4.69) is 27.1 Å². The van der Waals surface area contributed by atoms with Crippen molar-refractivity contribution in [2.24, 2.45) is 10.7 Å². The van der Waals surface area contributed by atoms with E-state index < -0.39 is 0 Å². The standard InChI is InChI=1S/C19H29N5O2.HI/c1-3-24-10-4-5-15(24)12-22-19(20)21-11-14-8-9-16(18(25)26-2)17(23-14)13-6-7-13;/h8-9,13,15H,3-7,10-12H2,1-2H3,(H3,20,21,22);1H. The number of nitrogens with one attached hydrogen (secondary N) is 1. The van der Waals surface area contributed by atoms with Gasteiger partial charge in [-0.1, -0.05) is 6.92 Å². The summed E-state index contributed by atoms with van der Waals surface area (Å²) in [5, 5.41) is 3.23. The fourth-order valence-electron chi connectivity index (χ4n) is 3.54. The largest absolute Gasteiger partial charge is 0.465 e. The first-order chi connectivity index (χ1) is 12.6. The minimum absolute atomic E-state index is 0. The van der Waals surface area contributed by atoms with Crippen LogP contribution in [0.1, 0.15) is 60.3 Å². The summed E-state index contributed by atoms with van der Waals surface area (Å²) in [6.07, 6.45) is 4.60. The number of nitrogens with zero attached hydrogens (tertiary/aromatic N) is 3. The van der Waals surface area contributed by atoms with Crippen molar-refractivity contribution in [3.8, 4) is 0 Å². The zero-order valence-corrected chi connectivity index (χ0v) is 18.4. The molecule has 3 rings (SSSR count). The van der Waals surface area contributed by atoms with Gasteiger partial charge in [0.25, 0.3) is 0 Å². The predicted molar refractivity (Wildman–Crippen MR) is 117 cm³/mol. The first-order valence-corrected chi connectivity index (χ1v) is 9.48. The second kappa shape index (κ2) is 10.2. The van der Waals surface area contributed by atoms with Crippen LogP contribution < -0.4 is 11.1 Å². The van der Waals surface area contributed by atoms with Gasteiger partial charge < -0.3 is 15.8 Å². The monoisotopic (exact) mass is 487 g/mol. The number of likely N-dealkylation sites (N-methyl/N-ethyl adjacent to an activating group) is 1. The van der Waals surface area contributed by atoms with Crippen LogP contribution in [0.25, 0.3) is 0 Å². The molecule has 1 aromatic rings. The highest BCUT2D eigenvalue weighted by atomic mass is 127. The Hall–Kier alpha value is -1.42. The number of halogens is 1. The lowest BCUT2D eigenvalue weighted by Gasteiger charge is -2.23. The number of carbonyl (C=O) groups excluding carboxylic acids is 1. The van der Waals surface area contributed by atoms with Gasteiger partial charge in [-0.3, -0.25) is 9.88 Å². The Kier molecular flexibility index (Phi) is 8.28. The summed E-state index contributed by atoms with van der Waals surface area (Å²) < 4.78 is 4.85. The number of guanidine groups is 1. The van der Waals surface area contributed by atoms with Crippen LogP contribution in [0, 0.1) is 0 Å². The van der Waals surface area contributed by atoms with Crippen LogP contribution in [0.3, 0.4) is 0 Å². The molecule has 0 amide bonds. The highest BCUT2D eigenvalue weighted by Gasteiger charge is 2.30. The Labute approximate surface area is 178 Å². The van der Waals surface area contributed by atoms with Gasteiger partial charge in [0.15, 0.2) is 5.96 Å². The molecule has 1 aliphatic carbocycles. The molecule has 0 bridgehead atoms. The smallest absolute Gasteiger partial charge is 0.339 e. The predicted octanol–water partition coefficient (Wildman–Crippen LogP) is 2.25. The third kappa shape index (κ3) is 5.78. The van der Waals surface area contributed by atoms with Crippen LogP contribution in [0.4, 0.5) is 0 Å². The number of rotatable bonds is 7. The fourth-order valence-corrected chi connectivity index (χ4v) is 3.54. The van der Waals surface area contributed by atoms with Crippen LogP contribution >= 0.6 is 24.0 Å². The summed E-state index contributed by atoms with van der Waals surface area (Å²) in [6, 6.07) is 4.15. The number of aromatic nitrogens is 1. The number of likely N-dealkylation sites (tertiary alicyclic amines) is 1. The molecule has 1 aromatic heterocycles. The summed E-state index contributed by atoms with van der Waals surface area (Å²) in [5.74, 6) is 0.485. The van der Waals surface area contributed by atoms with E-state index in [-0.39, 0.29) is 29.9 Å². The second-order valence-electron chi connectivity index (χ2n) is 7.01. The highest BCUT2D eigenvalue weighted by Crippen LogP contribution is 2.40. The van der Waals surface area contributed by atoms with Gasteiger partial charge in [-0.25, -0.2) is 9.79 Å². The average molecular weight is 487 g/mol. The maximum Gasteiger partial charge on any atom is 0.339 e. The van der Waals surface area contributed by atoms with Crippen molar-refractivity contribution in [1.29, 1.82) is 0 Å². The molecule has 1 saturated heterocycles. The summed E-state index contributed by atoms with van der Waals surface area (Å²) in [5.41, 5.74) is 8.23. The molecule has 3 N–H and O–H groups in total. The van der Waals surface area contributed by atoms with Crippen molar-refractivity contribution < 1.29 is 9.53 Å². The van der Waals surface area contributed by atoms with Crippen LogP contribution in [0.2, 0.25) is 0 Å². The molecular weight excluding hydrogens is 457 g/mol. The quantitative estimate of drug-likeness (QED) is 0.265. The van der Waals surface area contributed by atoms with Gasteiger partial charge >= 0.3 is 5.97 Å². The number of carbonyl (C=O) groups is 1. The zero-order valence-electron chi connectivity index (χ0n) is 16.1. The molecule has 0 radical (unpaired) electrons. The minimum Gasteiger partial charge on any atom is -0.465 e. The summed E-state index contributed by atoms with van der Waals surface area (Å²) in [7, 11) is 1.40. The van der Waals surface area contributed by atoms with E-state index in [4.69, 9.17) is 10.5 Å². The van der Waals surface area contributed by atoms with Gasteiger partial charge in [0.05, 0.1) is 30.6 Å². The number of aliphatic imine (C=N–C) groups is 1. The van der Waals surface area contributed by atoms with E-state index in [1.807, 2.05) is 6.07 Å². The first kappa shape index (κ1) is 21.9. The normalized spacial score (nSPS) is 20.2. The molecule has 1 unspecified atom stereocenters. The van der Waals surface area contributed by atoms with Gasteiger partial charge in [0.2, 0.25) is 0 Å². The molecule has 2 heterocycles. The van der Waals surface area contributed by atoms with Crippen molar-refractivity contribution in [1.82, 2.24) is 15.2 Å². The summed E-state index contributed by atoms with van der Waals surface area (Å²) in [6.45, 7) is 5.66. The first-order valence-electron chi connectivity index (χ1n) is 9.48. The lowest BCUT2D eigenvalue weighted by Crippen LogP contribution is -2.42. The molecule has 0 spiro atoms. The Balaban J connectivity index is 0.00000261. The Morgan fingerprint density at radius 1 is 1.41 bits per heavy atom. The molecule has 1 aliphatic heterocycles. The zero-order chi connectivity index (χ0) is 18.5. The van der Waals surface area contributed by atoms with Crippen molar-refractivity contribution >= 4 is 35.9 Å². The number of hydrogen-bond donors (Lipinski definition) is 2. The van der Waals surface area contributed by atoms with Gasteiger partial charge in [-0.2, -0.15) is 0 Å². The van der Waals surface area contributed by atoms with Crippen LogP contribution in [-0.4, -0.2) is 54.6 Å². The van der Waals surface area contributed by atoms with Gasteiger partial charge in [-0.05, 0) is 50.9 Å². The van der Waals surface area contributed by atoms with Gasteiger partial charge in [0.1, 0.15) is 0 Å². The maximum absolute atomic E-state index is 11.9.